The van der Waals surface area contributed by atoms with Crippen molar-refractivity contribution in [1.29, 1.82) is 0 Å². The standard InChI is InChI=1S/C13H21N3O4/c1-5-9-15-10(13(18)20-7-3)11(14)16(9)8(4)12(17)19-6-2/h8H,5-7,14H2,1-4H3. The fraction of sp³-hybridized carbons (Fsp3) is 0.615. The van der Waals surface area contributed by atoms with Gasteiger partial charge in [0.15, 0.2) is 5.69 Å². The van der Waals surface area contributed by atoms with Crippen LogP contribution in [0.2, 0.25) is 0 Å². The zero-order chi connectivity index (χ0) is 15.3. The van der Waals surface area contributed by atoms with Gasteiger partial charge in [0.05, 0.1) is 13.2 Å². The lowest BCUT2D eigenvalue weighted by atomic mass is 10.3. The number of aryl methyl sites for hydroxylation is 1. The number of carbonyl (C=O) groups is 2. The first kappa shape index (κ1) is 16.0. The molecule has 20 heavy (non-hydrogen) atoms. The van der Waals surface area contributed by atoms with Crippen molar-refractivity contribution in [3.63, 3.8) is 0 Å². The van der Waals surface area contributed by atoms with Crippen molar-refractivity contribution >= 4 is 17.8 Å². The van der Waals surface area contributed by atoms with Crippen LogP contribution in [0.25, 0.3) is 0 Å². The fourth-order valence-electron chi connectivity index (χ4n) is 1.89. The van der Waals surface area contributed by atoms with Crippen molar-refractivity contribution in [2.45, 2.75) is 40.2 Å². The monoisotopic (exact) mass is 283 g/mol. The zero-order valence-corrected chi connectivity index (χ0v) is 12.3. The first-order chi connectivity index (χ1) is 9.47. The molecule has 2 N–H and O–H groups in total. The summed E-state index contributed by atoms with van der Waals surface area (Å²) < 4.78 is 11.4. The van der Waals surface area contributed by atoms with Gasteiger partial charge in [-0.25, -0.2) is 14.6 Å². The number of ether oxygens (including phenoxy) is 2. The first-order valence-corrected chi connectivity index (χ1v) is 6.68. The average Bonchev–Trinajstić information content (AvgIpc) is 2.75. The SMILES string of the molecule is CCOC(=O)c1nc(CC)n(C(C)C(=O)OCC)c1N. The number of carbonyl (C=O) groups excluding carboxylic acids is 2. The van der Waals surface area contributed by atoms with Crippen LogP contribution in [0.4, 0.5) is 5.82 Å². The molecule has 7 heteroatoms. The van der Waals surface area contributed by atoms with Gasteiger partial charge in [-0.05, 0) is 20.8 Å². The molecule has 1 heterocycles. The molecule has 0 aliphatic rings. The normalized spacial score (nSPS) is 12.0. The van der Waals surface area contributed by atoms with Gasteiger partial charge >= 0.3 is 11.9 Å². The molecule has 0 fully saturated rings. The van der Waals surface area contributed by atoms with Crippen LogP contribution in [0.5, 0.6) is 0 Å². The van der Waals surface area contributed by atoms with Crippen molar-refractivity contribution < 1.29 is 19.1 Å². The molecule has 0 aliphatic heterocycles. The molecule has 0 bridgehead atoms. The fourth-order valence-corrected chi connectivity index (χ4v) is 1.89. The molecule has 1 aromatic rings. The summed E-state index contributed by atoms with van der Waals surface area (Å²) in [6.07, 6.45) is 0.535. The maximum Gasteiger partial charge on any atom is 0.360 e. The van der Waals surface area contributed by atoms with Crippen LogP contribution >= 0.6 is 0 Å². The van der Waals surface area contributed by atoms with E-state index in [0.717, 1.165) is 0 Å². The van der Waals surface area contributed by atoms with Gasteiger partial charge in [-0.15, -0.1) is 0 Å². The van der Waals surface area contributed by atoms with Gasteiger partial charge in [-0.1, -0.05) is 6.92 Å². The van der Waals surface area contributed by atoms with E-state index in [-0.39, 0.29) is 24.7 Å². The van der Waals surface area contributed by atoms with Crippen LogP contribution in [0.1, 0.15) is 50.0 Å². The molecular formula is C13H21N3O4. The number of esters is 2. The number of hydrogen-bond donors (Lipinski definition) is 1. The number of nitrogen functional groups attached to an aromatic ring is 1. The zero-order valence-electron chi connectivity index (χ0n) is 12.3. The maximum absolute atomic E-state index is 11.8. The Bertz CT molecular complexity index is 496. The Morgan fingerprint density at radius 2 is 1.85 bits per heavy atom. The Hall–Kier alpha value is -2.05. The molecule has 7 nitrogen and oxygen atoms in total. The van der Waals surface area contributed by atoms with Crippen molar-refractivity contribution in [3.05, 3.63) is 11.5 Å². The molecule has 0 aromatic carbocycles. The van der Waals surface area contributed by atoms with Gasteiger partial charge in [-0.3, -0.25) is 0 Å². The van der Waals surface area contributed by atoms with E-state index in [1.807, 2.05) is 6.92 Å². The van der Waals surface area contributed by atoms with Crippen LogP contribution in [0.3, 0.4) is 0 Å². The second kappa shape index (κ2) is 6.93. The van der Waals surface area contributed by atoms with Gasteiger partial charge in [0.1, 0.15) is 17.7 Å². The highest BCUT2D eigenvalue weighted by Crippen LogP contribution is 2.22. The number of rotatable bonds is 6. The predicted molar refractivity (Wildman–Crippen MR) is 73.3 cm³/mol. The largest absolute Gasteiger partial charge is 0.464 e. The molecule has 1 atom stereocenters. The number of imidazole rings is 1. The van der Waals surface area contributed by atoms with Crippen molar-refractivity contribution in [2.75, 3.05) is 18.9 Å². The van der Waals surface area contributed by atoms with Crippen LogP contribution in [-0.4, -0.2) is 34.7 Å². The number of hydrogen-bond acceptors (Lipinski definition) is 6. The van der Waals surface area contributed by atoms with Crippen molar-refractivity contribution in [3.8, 4) is 0 Å². The summed E-state index contributed by atoms with van der Waals surface area (Å²) in [6.45, 7) is 7.47. The van der Waals surface area contributed by atoms with Crippen LogP contribution in [-0.2, 0) is 20.7 Å². The Balaban J connectivity index is 3.18. The maximum atomic E-state index is 11.8. The molecule has 0 aliphatic carbocycles. The molecule has 1 unspecified atom stereocenters. The summed E-state index contributed by atoms with van der Waals surface area (Å²) in [6, 6.07) is -0.638. The summed E-state index contributed by atoms with van der Waals surface area (Å²) >= 11 is 0. The molecule has 1 rings (SSSR count). The minimum atomic E-state index is -0.638. The van der Waals surface area contributed by atoms with Gasteiger partial charge in [-0.2, -0.15) is 0 Å². The summed E-state index contributed by atoms with van der Waals surface area (Å²) in [4.78, 5) is 27.8. The second-order valence-corrected chi connectivity index (χ2v) is 4.13. The summed E-state index contributed by atoms with van der Waals surface area (Å²) in [5.74, 6) is -0.330. The highest BCUT2D eigenvalue weighted by atomic mass is 16.5. The van der Waals surface area contributed by atoms with Gasteiger partial charge in [0.2, 0.25) is 0 Å². The van der Waals surface area contributed by atoms with Gasteiger partial charge in [0, 0.05) is 6.42 Å². The number of nitrogens with zero attached hydrogens (tertiary/aromatic N) is 2. The van der Waals surface area contributed by atoms with E-state index in [0.29, 0.717) is 12.2 Å². The Kier molecular flexibility index (Phi) is 5.54. The Morgan fingerprint density at radius 1 is 1.25 bits per heavy atom. The van der Waals surface area contributed by atoms with Gasteiger partial charge < -0.3 is 19.8 Å². The molecule has 0 spiro atoms. The lowest BCUT2D eigenvalue weighted by Gasteiger charge is -2.16. The Labute approximate surface area is 118 Å². The smallest absolute Gasteiger partial charge is 0.360 e. The predicted octanol–water partition coefficient (Wildman–Crippen LogP) is 1.33. The van der Waals surface area contributed by atoms with Crippen LogP contribution in [0, 0.1) is 0 Å². The van der Waals surface area contributed by atoms with E-state index in [4.69, 9.17) is 15.2 Å². The Morgan fingerprint density at radius 3 is 2.35 bits per heavy atom. The molecule has 0 amide bonds. The molecule has 1 aromatic heterocycles. The summed E-state index contributed by atoms with van der Waals surface area (Å²) in [5.41, 5.74) is 5.98. The molecule has 0 saturated heterocycles. The number of nitrogens with two attached hydrogens (primary N) is 1. The lowest BCUT2D eigenvalue weighted by Crippen LogP contribution is -2.22. The highest BCUT2D eigenvalue weighted by molar-refractivity contribution is 5.92. The third-order valence-electron chi connectivity index (χ3n) is 2.82. The quantitative estimate of drug-likeness (QED) is 0.791. The topological polar surface area (TPSA) is 96.4 Å². The number of anilines is 1. The minimum Gasteiger partial charge on any atom is -0.464 e. The minimum absolute atomic E-state index is 0.0415. The summed E-state index contributed by atoms with van der Waals surface area (Å²) in [5, 5.41) is 0. The summed E-state index contributed by atoms with van der Waals surface area (Å²) in [7, 11) is 0. The van der Waals surface area contributed by atoms with Crippen molar-refractivity contribution in [1.82, 2.24) is 9.55 Å². The average molecular weight is 283 g/mol. The van der Waals surface area contributed by atoms with E-state index in [2.05, 4.69) is 4.98 Å². The van der Waals surface area contributed by atoms with E-state index >= 15 is 0 Å². The van der Waals surface area contributed by atoms with E-state index in [1.54, 1.807) is 20.8 Å². The van der Waals surface area contributed by atoms with Crippen molar-refractivity contribution in [2.24, 2.45) is 0 Å². The van der Waals surface area contributed by atoms with E-state index < -0.39 is 18.0 Å². The van der Waals surface area contributed by atoms with Crippen LogP contribution < -0.4 is 5.73 Å². The molecular weight excluding hydrogens is 262 g/mol. The third kappa shape index (κ3) is 3.09. The van der Waals surface area contributed by atoms with E-state index in [1.165, 1.54) is 4.57 Å². The second-order valence-electron chi connectivity index (χ2n) is 4.13. The highest BCUT2D eigenvalue weighted by Gasteiger charge is 2.27. The van der Waals surface area contributed by atoms with Crippen LogP contribution in [0.15, 0.2) is 0 Å². The lowest BCUT2D eigenvalue weighted by molar-refractivity contribution is -0.146. The molecule has 112 valence electrons. The number of aromatic nitrogens is 2. The third-order valence-corrected chi connectivity index (χ3v) is 2.82. The van der Waals surface area contributed by atoms with Gasteiger partial charge in [0.25, 0.3) is 0 Å². The first-order valence-electron chi connectivity index (χ1n) is 6.68. The van der Waals surface area contributed by atoms with E-state index in [9.17, 15) is 9.59 Å². The molecule has 0 saturated carbocycles. The molecule has 0 radical (unpaired) electrons.